The molecule has 1 saturated heterocycles. The number of rotatable bonds is 2. The van der Waals surface area contributed by atoms with E-state index in [2.05, 4.69) is 25.2 Å². The third kappa shape index (κ3) is 3.65. The number of pyridine rings is 1. The fourth-order valence-corrected chi connectivity index (χ4v) is 3.69. The Balaban J connectivity index is 1.44. The first-order valence-corrected chi connectivity index (χ1v) is 9.35. The highest BCUT2D eigenvalue weighted by atomic mass is 35.5. The van der Waals surface area contributed by atoms with E-state index in [0.717, 1.165) is 16.9 Å². The summed E-state index contributed by atoms with van der Waals surface area (Å²) in [5.74, 6) is 1.15. The number of imidazole rings is 1. The Hall–Kier alpha value is -2.51. The molecule has 2 aromatic heterocycles. The smallest absolute Gasteiger partial charge is 0.324 e. The van der Waals surface area contributed by atoms with Gasteiger partial charge in [0.05, 0.1) is 16.1 Å². The third-order valence-corrected chi connectivity index (χ3v) is 5.13. The molecule has 1 fully saturated rings. The van der Waals surface area contributed by atoms with Crippen LogP contribution < -0.4 is 10.2 Å². The number of urea groups is 1. The summed E-state index contributed by atoms with van der Waals surface area (Å²) in [6.07, 6.45) is 1.72. The van der Waals surface area contributed by atoms with Crippen LogP contribution in [0.4, 0.5) is 16.6 Å². The second-order valence-corrected chi connectivity index (χ2v) is 7.32. The number of hydrogen-bond acceptors (Lipinski definition) is 4. The van der Waals surface area contributed by atoms with E-state index < -0.39 is 0 Å². The molecule has 0 spiro atoms. The number of hydrogen-bond donors (Lipinski definition) is 2. The molecule has 2 N–H and O–H groups in total. The minimum absolute atomic E-state index is 0.00403. The van der Waals surface area contributed by atoms with Crippen molar-refractivity contribution < 1.29 is 4.79 Å². The van der Waals surface area contributed by atoms with Gasteiger partial charge in [0.2, 0.25) is 5.95 Å². The van der Waals surface area contributed by atoms with Gasteiger partial charge in [-0.15, -0.1) is 0 Å². The first kappa shape index (κ1) is 17.9. The second-order valence-electron chi connectivity index (χ2n) is 6.47. The molecule has 0 saturated carbocycles. The molecule has 3 heterocycles. The van der Waals surface area contributed by atoms with E-state index in [4.69, 9.17) is 23.2 Å². The number of carbonyl (C=O) groups excluding carboxylic acids is 1. The van der Waals surface area contributed by atoms with Gasteiger partial charge in [0.1, 0.15) is 5.82 Å². The molecule has 140 valence electrons. The summed E-state index contributed by atoms with van der Waals surface area (Å²) in [6, 6.07) is 8.77. The molecular weight excluding hydrogens is 387 g/mol. The molecule has 4 rings (SSSR count). The van der Waals surface area contributed by atoms with Crippen molar-refractivity contribution in [2.75, 3.05) is 29.9 Å². The van der Waals surface area contributed by atoms with Crippen LogP contribution in [0.25, 0.3) is 11.0 Å². The fraction of sp³-hybridized carbons (Fsp3) is 0.278. The topological polar surface area (TPSA) is 77.2 Å². The highest BCUT2D eigenvalue weighted by Crippen LogP contribution is 2.25. The first-order chi connectivity index (χ1) is 13.0. The predicted molar refractivity (Wildman–Crippen MR) is 108 cm³/mol. The number of halogens is 2. The van der Waals surface area contributed by atoms with Crippen LogP contribution in [0.3, 0.4) is 0 Å². The Kier molecular flexibility index (Phi) is 4.80. The molecular formula is C18H18Cl2N6O. The number of fused-ring (bicyclic) bond motifs is 1. The predicted octanol–water partition coefficient (Wildman–Crippen LogP) is 4.01. The van der Waals surface area contributed by atoms with Gasteiger partial charge in [-0.1, -0.05) is 23.2 Å². The average molecular weight is 405 g/mol. The third-order valence-electron chi connectivity index (χ3n) is 4.60. The van der Waals surface area contributed by atoms with Gasteiger partial charge in [-0.3, -0.25) is 5.32 Å². The number of carbonyl (C=O) groups is 1. The molecule has 1 atom stereocenters. The van der Waals surface area contributed by atoms with Crippen molar-refractivity contribution in [2.24, 2.45) is 0 Å². The van der Waals surface area contributed by atoms with Crippen LogP contribution in [0, 0.1) is 0 Å². The molecule has 0 unspecified atom stereocenters. The number of anilines is 2. The molecule has 1 aliphatic heterocycles. The second kappa shape index (κ2) is 7.25. The summed E-state index contributed by atoms with van der Waals surface area (Å²) < 4.78 is 0. The molecule has 7 nitrogen and oxygen atoms in total. The van der Waals surface area contributed by atoms with E-state index in [1.165, 1.54) is 0 Å². The molecule has 3 aromatic rings. The summed E-state index contributed by atoms with van der Waals surface area (Å²) in [5, 5.41) is 4.06. The maximum atomic E-state index is 12.7. The van der Waals surface area contributed by atoms with Crippen molar-refractivity contribution in [3.63, 3.8) is 0 Å². The zero-order valence-electron chi connectivity index (χ0n) is 14.6. The van der Waals surface area contributed by atoms with Crippen LogP contribution in [-0.4, -0.2) is 51.6 Å². The van der Waals surface area contributed by atoms with E-state index in [9.17, 15) is 4.79 Å². The van der Waals surface area contributed by atoms with Gasteiger partial charge in [0.25, 0.3) is 0 Å². The standard InChI is InChI=1S/C18H18Cl2N6O/c1-11-10-25(16-13(20)3-2-6-21-16)7-8-26(11)18(27)24-17-22-14-5-4-12(19)9-15(14)23-17/h2-6,9,11H,7-8,10H2,1H3,(H2,22,23,24,27)/t11-/m1/s1. The van der Waals surface area contributed by atoms with E-state index >= 15 is 0 Å². The Bertz CT molecular complexity index is 991. The normalized spacial score (nSPS) is 17.4. The monoisotopic (exact) mass is 404 g/mol. The van der Waals surface area contributed by atoms with Crippen LogP contribution in [0.5, 0.6) is 0 Å². The quantitative estimate of drug-likeness (QED) is 0.676. The molecule has 9 heteroatoms. The lowest BCUT2D eigenvalue weighted by Crippen LogP contribution is -2.55. The van der Waals surface area contributed by atoms with Crippen LogP contribution in [0.15, 0.2) is 36.5 Å². The molecule has 0 aliphatic carbocycles. The van der Waals surface area contributed by atoms with Crippen LogP contribution in [0.2, 0.25) is 10.0 Å². The van der Waals surface area contributed by atoms with Gasteiger partial charge >= 0.3 is 6.03 Å². The van der Waals surface area contributed by atoms with Gasteiger partial charge in [-0.05, 0) is 37.3 Å². The van der Waals surface area contributed by atoms with Crippen molar-refractivity contribution >= 4 is 52.0 Å². The van der Waals surface area contributed by atoms with Crippen molar-refractivity contribution in [2.45, 2.75) is 13.0 Å². The van der Waals surface area contributed by atoms with Crippen molar-refractivity contribution in [3.05, 3.63) is 46.6 Å². The Labute approximate surface area is 166 Å². The first-order valence-electron chi connectivity index (χ1n) is 8.59. The fourth-order valence-electron chi connectivity index (χ4n) is 3.28. The van der Waals surface area contributed by atoms with Gasteiger partial charge in [-0.25, -0.2) is 14.8 Å². The molecule has 0 bridgehead atoms. The van der Waals surface area contributed by atoms with E-state index in [1.54, 1.807) is 29.3 Å². The van der Waals surface area contributed by atoms with Crippen LogP contribution in [-0.2, 0) is 0 Å². The maximum Gasteiger partial charge on any atom is 0.324 e. The summed E-state index contributed by atoms with van der Waals surface area (Å²) in [4.78, 5) is 28.4. The van der Waals surface area contributed by atoms with E-state index in [1.807, 2.05) is 19.1 Å². The van der Waals surface area contributed by atoms with Gasteiger partial charge < -0.3 is 14.8 Å². The maximum absolute atomic E-state index is 12.7. The van der Waals surface area contributed by atoms with Crippen molar-refractivity contribution in [1.82, 2.24) is 19.9 Å². The summed E-state index contributed by atoms with van der Waals surface area (Å²) >= 11 is 12.2. The lowest BCUT2D eigenvalue weighted by molar-refractivity contribution is 0.184. The number of aromatic amines is 1. The zero-order valence-corrected chi connectivity index (χ0v) is 16.1. The van der Waals surface area contributed by atoms with Gasteiger partial charge in [0, 0.05) is 36.9 Å². The highest BCUT2D eigenvalue weighted by molar-refractivity contribution is 6.33. The number of piperazine rings is 1. The summed E-state index contributed by atoms with van der Waals surface area (Å²) in [5.41, 5.74) is 1.53. The molecule has 0 radical (unpaired) electrons. The van der Waals surface area contributed by atoms with Crippen LogP contribution in [0.1, 0.15) is 6.92 Å². The average Bonchev–Trinajstić information content (AvgIpc) is 3.03. The van der Waals surface area contributed by atoms with Crippen molar-refractivity contribution in [1.29, 1.82) is 0 Å². The minimum Gasteiger partial charge on any atom is -0.352 e. The molecule has 2 amide bonds. The Morgan fingerprint density at radius 1 is 1.30 bits per heavy atom. The number of benzene rings is 1. The number of aromatic nitrogens is 3. The number of nitrogens with zero attached hydrogens (tertiary/aromatic N) is 4. The Morgan fingerprint density at radius 2 is 2.15 bits per heavy atom. The molecule has 1 aromatic carbocycles. The van der Waals surface area contributed by atoms with E-state index in [-0.39, 0.29) is 12.1 Å². The Morgan fingerprint density at radius 3 is 2.93 bits per heavy atom. The zero-order chi connectivity index (χ0) is 19.0. The number of H-pyrrole nitrogens is 1. The minimum atomic E-state index is -0.195. The lowest BCUT2D eigenvalue weighted by Gasteiger charge is -2.40. The van der Waals surface area contributed by atoms with Crippen LogP contribution >= 0.6 is 23.2 Å². The SMILES string of the molecule is C[C@@H]1CN(c2ncccc2Cl)CCN1C(=O)Nc1nc2ccc(Cl)cc2[nH]1. The summed E-state index contributed by atoms with van der Waals surface area (Å²) in [7, 11) is 0. The number of nitrogens with one attached hydrogen (secondary N) is 2. The van der Waals surface area contributed by atoms with Crippen molar-refractivity contribution in [3.8, 4) is 0 Å². The van der Waals surface area contributed by atoms with Gasteiger partial charge in [-0.2, -0.15) is 0 Å². The highest BCUT2D eigenvalue weighted by Gasteiger charge is 2.29. The van der Waals surface area contributed by atoms with E-state index in [0.29, 0.717) is 35.6 Å². The lowest BCUT2D eigenvalue weighted by atomic mass is 10.2. The number of amides is 2. The largest absolute Gasteiger partial charge is 0.352 e. The molecule has 1 aliphatic rings. The van der Waals surface area contributed by atoms with Gasteiger partial charge in [0.15, 0.2) is 0 Å². The summed E-state index contributed by atoms with van der Waals surface area (Å²) in [6.45, 7) is 3.87. The molecule has 27 heavy (non-hydrogen) atoms.